The summed E-state index contributed by atoms with van der Waals surface area (Å²) in [6, 6.07) is 3.84. The van der Waals surface area contributed by atoms with Crippen molar-refractivity contribution in [2.24, 2.45) is 5.92 Å². The number of ether oxygens (including phenoxy) is 2. The number of rotatable bonds is 2. The lowest BCUT2D eigenvalue weighted by Gasteiger charge is -2.21. The molecule has 0 aliphatic carbocycles. The topological polar surface area (TPSA) is 52.6 Å². The molecule has 0 spiro atoms. The number of fused-ring (bicyclic) bond motifs is 1. The van der Waals surface area contributed by atoms with E-state index >= 15 is 0 Å². The van der Waals surface area contributed by atoms with Gasteiger partial charge in [0.05, 0.1) is 6.61 Å². The molecular weight excluding hydrogens is 227 g/mol. The number of carbonyl (C=O) groups is 2. The molecule has 0 bridgehead atoms. The minimum Gasteiger partial charge on any atom is -0.465 e. The molecule has 0 fully saturated rings. The lowest BCUT2D eigenvalue weighted by Crippen LogP contribution is -2.35. The number of benzene rings is 1. The average molecular weight is 238 g/mol. The van der Waals surface area contributed by atoms with Crippen LogP contribution in [0, 0.1) is 11.7 Å². The first-order chi connectivity index (χ1) is 8.11. The minimum absolute atomic E-state index is 0.116. The van der Waals surface area contributed by atoms with Gasteiger partial charge in [0.1, 0.15) is 11.6 Å². The number of halogens is 1. The molecule has 0 radical (unpaired) electrons. The van der Waals surface area contributed by atoms with Gasteiger partial charge in [0.25, 0.3) is 0 Å². The van der Waals surface area contributed by atoms with E-state index in [1.807, 2.05) is 0 Å². The predicted molar refractivity (Wildman–Crippen MR) is 55.9 cm³/mol. The van der Waals surface area contributed by atoms with Gasteiger partial charge in [-0.1, -0.05) is 0 Å². The van der Waals surface area contributed by atoms with Crippen molar-refractivity contribution in [1.82, 2.24) is 0 Å². The molecule has 1 aromatic carbocycles. The van der Waals surface area contributed by atoms with E-state index < -0.39 is 23.7 Å². The smallest absolute Gasteiger partial charge is 0.326 e. The van der Waals surface area contributed by atoms with Crippen LogP contribution in [-0.2, 0) is 20.7 Å². The van der Waals surface area contributed by atoms with E-state index in [-0.39, 0.29) is 13.0 Å². The fraction of sp³-hybridized carbons (Fsp3) is 0.333. The number of hydrogen-bond acceptors (Lipinski definition) is 4. The molecule has 1 aliphatic rings. The molecule has 17 heavy (non-hydrogen) atoms. The van der Waals surface area contributed by atoms with Crippen LogP contribution in [0.15, 0.2) is 18.2 Å². The summed E-state index contributed by atoms with van der Waals surface area (Å²) >= 11 is 0. The average Bonchev–Trinajstić information content (AvgIpc) is 2.29. The second-order valence-electron chi connectivity index (χ2n) is 3.68. The first kappa shape index (κ1) is 11.6. The normalized spacial score (nSPS) is 18.2. The molecule has 0 saturated carbocycles. The maximum Gasteiger partial charge on any atom is 0.326 e. The van der Waals surface area contributed by atoms with Crippen LogP contribution in [0.25, 0.3) is 0 Å². The monoisotopic (exact) mass is 238 g/mol. The summed E-state index contributed by atoms with van der Waals surface area (Å²) in [5.74, 6) is -2.40. The van der Waals surface area contributed by atoms with Crippen molar-refractivity contribution in [3.05, 3.63) is 29.6 Å². The van der Waals surface area contributed by atoms with E-state index in [2.05, 4.69) is 0 Å². The molecule has 0 saturated heterocycles. The van der Waals surface area contributed by atoms with Crippen molar-refractivity contribution in [1.29, 1.82) is 0 Å². The van der Waals surface area contributed by atoms with Gasteiger partial charge in [-0.2, -0.15) is 0 Å². The van der Waals surface area contributed by atoms with Crippen LogP contribution >= 0.6 is 0 Å². The molecular formula is C12H11FO4. The summed E-state index contributed by atoms with van der Waals surface area (Å²) in [6.45, 7) is 1.85. The summed E-state index contributed by atoms with van der Waals surface area (Å²) in [6.07, 6.45) is 0.116. The molecule has 4 nitrogen and oxygen atoms in total. The highest BCUT2D eigenvalue weighted by molar-refractivity contribution is 5.97. The standard InChI is InChI=1S/C12H11FO4/c1-2-16-11(14)9-6-7-5-8(13)3-4-10(7)17-12(9)15/h3-5,9H,2,6H2,1H3. The van der Waals surface area contributed by atoms with Crippen molar-refractivity contribution in [3.63, 3.8) is 0 Å². The molecule has 90 valence electrons. The highest BCUT2D eigenvalue weighted by Crippen LogP contribution is 2.29. The number of hydrogen-bond donors (Lipinski definition) is 0. The Morgan fingerprint density at radius 1 is 1.59 bits per heavy atom. The highest BCUT2D eigenvalue weighted by atomic mass is 19.1. The van der Waals surface area contributed by atoms with Gasteiger partial charge < -0.3 is 9.47 Å². The zero-order valence-corrected chi connectivity index (χ0v) is 9.23. The fourth-order valence-electron chi connectivity index (χ4n) is 1.71. The zero-order chi connectivity index (χ0) is 12.4. The Labute approximate surface area is 97.3 Å². The lowest BCUT2D eigenvalue weighted by molar-refractivity contribution is -0.157. The number of esters is 2. The predicted octanol–water partition coefficient (Wildman–Crippen LogP) is 1.47. The van der Waals surface area contributed by atoms with Gasteiger partial charge in [-0.3, -0.25) is 9.59 Å². The van der Waals surface area contributed by atoms with Crippen LogP contribution in [0.4, 0.5) is 4.39 Å². The van der Waals surface area contributed by atoms with Crippen LogP contribution in [0.2, 0.25) is 0 Å². The van der Waals surface area contributed by atoms with E-state index in [0.717, 1.165) is 0 Å². The summed E-state index contributed by atoms with van der Waals surface area (Å²) in [5.41, 5.74) is 0.502. The Hall–Kier alpha value is -1.91. The molecule has 5 heteroatoms. The Morgan fingerprint density at radius 3 is 3.06 bits per heavy atom. The third-order valence-electron chi connectivity index (χ3n) is 2.51. The van der Waals surface area contributed by atoms with Crippen LogP contribution < -0.4 is 4.74 Å². The molecule has 1 aliphatic heterocycles. The van der Waals surface area contributed by atoms with Gasteiger partial charge in [0.2, 0.25) is 0 Å². The second-order valence-corrected chi connectivity index (χ2v) is 3.68. The van der Waals surface area contributed by atoms with Crippen molar-refractivity contribution in [2.75, 3.05) is 6.61 Å². The van der Waals surface area contributed by atoms with Crippen molar-refractivity contribution >= 4 is 11.9 Å². The molecule has 0 aromatic heterocycles. The molecule has 0 amide bonds. The Kier molecular flexibility index (Phi) is 3.08. The van der Waals surface area contributed by atoms with Crippen molar-refractivity contribution < 1.29 is 23.5 Å². The van der Waals surface area contributed by atoms with E-state index in [0.29, 0.717) is 11.3 Å². The first-order valence-corrected chi connectivity index (χ1v) is 5.28. The van der Waals surface area contributed by atoms with Crippen LogP contribution in [0.1, 0.15) is 12.5 Å². The Bertz CT molecular complexity index is 470. The molecule has 1 aromatic rings. The summed E-state index contributed by atoms with van der Waals surface area (Å²) in [5, 5.41) is 0. The highest BCUT2D eigenvalue weighted by Gasteiger charge is 2.35. The maximum absolute atomic E-state index is 13.0. The quantitative estimate of drug-likeness (QED) is 0.444. The zero-order valence-electron chi connectivity index (χ0n) is 9.23. The first-order valence-electron chi connectivity index (χ1n) is 5.28. The molecule has 1 atom stereocenters. The van der Waals surface area contributed by atoms with Crippen LogP contribution in [0.5, 0.6) is 5.75 Å². The van der Waals surface area contributed by atoms with Gasteiger partial charge in [-0.05, 0) is 30.7 Å². The van der Waals surface area contributed by atoms with Gasteiger partial charge >= 0.3 is 11.9 Å². The third-order valence-corrected chi connectivity index (χ3v) is 2.51. The SMILES string of the molecule is CCOC(=O)C1Cc2cc(F)ccc2OC1=O. The minimum atomic E-state index is -0.996. The van der Waals surface area contributed by atoms with Gasteiger partial charge in [-0.25, -0.2) is 4.39 Å². The Morgan fingerprint density at radius 2 is 2.35 bits per heavy atom. The van der Waals surface area contributed by atoms with Gasteiger partial charge in [-0.15, -0.1) is 0 Å². The molecule has 1 unspecified atom stereocenters. The Balaban J connectivity index is 2.25. The summed E-state index contributed by atoms with van der Waals surface area (Å²) < 4.78 is 22.7. The number of carbonyl (C=O) groups excluding carboxylic acids is 2. The van der Waals surface area contributed by atoms with Gasteiger partial charge in [0.15, 0.2) is 5.92 Å². The molecule has 1 heterocycles. The molecule has 0 N–H and O–H groups in total. The van der Waals surface area contributed by atoms with E-state index in [1.54, 1.807) is 6.92 Å². The van der Waals surface area contributed by atoms with Crippen LogP contribution in [-0.4, -0.2) is 18.5 Å². The third kappa shape index (κ3) is 2.27. The van der Waals surface area contributed by atoms with E-state index in [1.165, 1.54) is 18.2 Å². The summed E-state index contributed by atoms with van der Waals surface area (Å²) in [7, 11) is 0. The fourth-order valence-corrected chi connectivity index (χ4v) is 1.71. The largest absolute Gasteiger partial charge is 0.465 e. The van der Waals surface area contributed by atoms with E-state index in [9.17, 15) is 14.0 Å². The van der Waals surface area contributed by atoms with E-state index in [4.69, 9.17) is 9.47 Å². The van der Waals surface area contributed by atoms with Gasteiger partial charge in [0, 0.05) is 6.42 Å². The van der Waals surface area contributed by atoms with Crippen LogP contribution in [0.3, 0.4) is 0 Å². The lowest BCUT2D eigenvalue weighted by atomic mass is 9.96. The summed E-state index contributed by atoms with van der Waals surface area (Å²) in [4.78, 5) is 23.0. The second kappa shape index (κ2) is 4.53. The van der Waals surface area contributed by atoms with Crippen molar-refractivity contribution in [2.45, 2.75) is 13.3 Å². The molecule has 2 rings (SSSR count). The maximum atomic E-state index is 13.0. The van der Waals surface area contributed by atoms with Crippen molar-refractivity contribution in [3.8, 4) is 5.75 Å².